The number of hydrogen-bond acceptors (Lipinski definition) is 2. The second-order valence-electron chi connectivity index (χ2n) is 3.07. The first kappa shape index (κ1) is 7.98. The minimum Gasteiger partial charge on any atom is -0.274 e. The van der Waals surface area contributed by atoms with Crippen LogP contribution in [0.3, 0.4) is 0 Å². The van der Waals surface area contributed by atoms with Crippen LogP contribution in [0.25, 0.3) is 11.0 Å². The van der Waals surface area contributed by atoms with E-state index in [1.807, 2.05) is 25.1 Å². The molecule has 3 heteroatoms. The van der Waals surface area contributed by atoms with Gasteiger partial charge in [-0.05, 0) is 25.1 Å². The normalized spacial score (nSPS) is 10.6. The van der Waals surface area contributed by atoms with E-state index >= 15 is 0 Å². The van der Waals surface area contributed by atoms with Crippen molar-refractivity contribution < 1.29 is 4.79 Å². The fourth-order valence-electron chi connectivity index (χ4n) is 1.36. The van der Waals surface area contributed by atoms with Crippen molar-refractivity contribution >= 4 is 16.9 Å². The number of fused-ring (bicyclic) bond motifs is 1. The van der Waals surface area contributed by atoms with Crippen LogP contribution in [0.5, 0.6) is 0 Å². The van der Waals surface area contributed by atoms with E-state index in [1.165, 1.54) is 6.92 Å². The van der Waals surface area contributed by atoms with Crippen LogP contribution in [0.15, 0.2) is 24.4 Å². The second kappa shape index (κ2) is 2.69. The van der Waals surface area contributed by atoms with Crippen molar-refractivity contribution in [2.24, 2.45) is 0 Å². The molecule has 0 unspecified atom stereocenters. The molecule has 0 aliphatic heterocycles. The number of rotatable bonds is 0. The highest BCUT2D eigenvalue weighted by atomic mass is 16.1. The Bertz CT molecular complexity index is 471. The summed E-state index contributed by atoms with van der Waals surface area (Å²) in [5, 5.41) is 1.00. The molecular weight excluding hydrogens is 164 g/mol. The summed E-state index contributed by atoms with van der Waals surface area (Å²) in [6.07, 6.45) is 1.75. The third-order valence-corrected chi connectivity index (χ3v) is 2.02. The van der Waals surface area contributed by atoms with Gasteiger partial charge in [-0.25, -0.2) is 4.98 Å². The van der Waals surface area contributed by atoms with E-state index in [0.29, 0.717) is 0 Å². The van der Waals surface area contributed by atoms with Crippen LogP contribution in [0.2, 0.25) is 0 Å². The predicted molar refractivity (Wildman–Crippen MR) is 50.8 cm³/mol. The Kier molecular flexibility index (Phi) is 1.65. The van der Waals surface area contributed by atoms with E-state index in [2.05, 4.69) is 4.98 Å². The molecule has 0 fully saturated rings. The Labute approximate surface area is 76.0 Å². The molecule has 0 atom stereocenters. The first-order chi connectivity index (χ1) is 6.18. The Morgan fingerprint density at radius 3 is 2.85 bits per heavy atom. The Hall–Kier alpha value is -1.64. The van der Waals surface area contributed by atoms with E-state index in [4.69, 9.17) is 0 Å². The van der Waals surface area contributed by atoms with Crippen LogP contribution < -0.4 is 0 Å². The van der Waals surface area contributed by atoms with Gasteiger partial charge in [-0.2, -0.15) is 0 Å². The number of hydrogen-bond donors (Lipinski definition) is 0. The van der Waals surface area contributed by atoms with Gasteiger partial charge in [0.15, 0.2) is 0 Å². The van der Waals surface area contributed by atoms with E-state index in [9.17, 15) is 4.79 Å². The molecule has 0 saturated carbocycles. The van der Waals surface area contributed by atoms with Gasteiger partial charge in [0.2, 0.25) is 5.91 Å². The molecule has 0 saturated heterocycles. The van der Waals surface area contributed by atoms with Gasteiger partial charge >= 0.3 is 0 Å². The maximum absolute atomic E-state index is 11.2. The van der Waals surface area contributed by atoms with Crippen molar-refractivity contribution in [3.8, 4) is 0 Å². The molecule has 2 aromatic rings. The quantitative estimate of drug-likeness (QED) is 0.612. The van der Waals surface area contributed by atoms with Crippen LogP contribution in [0.4, 0.5) is 0 Å². The summed E-state index contributed by atoms with van der Waals surface area (Å²) in [5.41, 5.74) is 1.67. The maximum atomic E-state index is 11.2. The van der Waals surface area contributed by atoms with Gasteiger partial charge in [0.25, 0.3) is 0 Å². The number of pyridine rings is 1. The predicted octanol–water partition coefficient (Wildman–Crippen LogP) is 2.00. The van der Waals surface area contributed by atoms with Crippen LogP contribution in [-0.4, -0.2) is 15.5 Å². The van der Waals surface area contributed by atoms with Gasteiger partial charge in [-0.15, -0.1) is 0 Å². The molecule has 66 valence electrons. The zero-order chi connectivity index (χ0) is 9.42. The van der Waals surface area contributed by atoms with Crippen molar-refractivity contribution in [1.29, 1.82) is 0 Å². The minimum absolute atomic E-state index is 0.00639. The Morgan fingerprint density at radius 1 is 1.38 bits per heavy atom. The van der Waals surface area contributed by atoms with E-state index in [1.54, 1.807) is 10.8 Å². The number of aryl methyl sites for hydroxylation is 1. The molecule has 13 heavy (non-hydrogen) atoms. The SMILES string of the molecule is CC(=O)n1ccc2ccc(C)nc21. The Morgan fingerprint density at radius 2 is 2.15 bits per heavy atom. The highest BCUT2D eigenvalue weighted by Gasteiger charge is 2.04. The lowest BCUT2D eigenvalue weighted by molar-refractivity contribution is 0.0941. The van der Waals surface area contributed by atoms with Gasteiger partial charge < -0.3 is 0 Å². The summed E-state index contributed by atoms with van der Waals surface area (Å²) < 4.78 is 1.56. The van der Waals surface area contributed by atoms with Crippen LogP contribution in [0.1, 0.15) is 17.4 Å². The zero-order valence-electron chi connectivity index (χ0n) is 7.61. The average molecular weight is 174 g/mol. The highest BCUT2D eigenvalue weighted by Crippen LogP contribution is 2.13. The van der Waals surface area contributed by atoms with E-state index < -0.39 is 0 Å². The fraction of sp³-hybridized carbons (Fsp3) is 0.200. The zero-order valence-corrected chi connectivity index (χ0v) is 7.61. The highest BCUT2D eigenvalue weighted by molar-refractivity contribution is 5.89. The number of aromatic nitrogens is 2. The van der Waals surface area contributed by atoms with Gasteiger partial charge in [-0.3, -0.25) is 9.36 Å². The van der Waals surface area contributed by atoms with Crippen molar-refractivity contribution in [1.82, 2.24) is 9.55 Å². The first-order valence-electron chi connectivity index (χ1n) is 4.14. The van der Waals surface area contributed by atoms with Crippen molar-refractivity contribution in [2.75, 3.05) is 0 Å². The average Bonchev–Trinajstić information content (AvgIpc) is 2.46. The number of carbonyl (C=O) groups is 1. The first-order valence-corrected chi connectivity index (χ1v) is 4.14. The number of nitrogens with zero attached hydrogens (tertiary/aromatic N) is 2. The molecule has 0 aliphatic carbocycles. The third kappa shape index (κ3) is 1.22. The summed E-state index contributed by atoms with van der Waals surface area (Å²) >= 11 is 0. The molecule has 3 nitrogen and oxygen atoms in total. The summed E-state index contributed by atoms with van der Waals surface area (Å²) in [5.74, 6) is -0.00639. The molecule has 2 heterocycles. The lowest BCUT2D eigenvalue weighted by Crippen LogP contribution is -2.04. The molecular formula is C10H10N2O. The van der Waals surface area contributed by atoms with Crippen LogP contribution >= 0.6 is 0 Å². The smallest absolute Gasteiger partial charge is 0.229 e. The molecule has 0 spiro atoms. The molecule has 0 N–H and O–H groups in total. The monoisotopic (exact) mass is 174 g/mol. The van der Waals surface area contributed by atoms with Gasteiger partial charge in [0, 0.05) is 24.2 Å². The largest absolute Gasteiger partial charge is 0.274 e. The molecule has 2 aromatic heterocycles. The second-order valence-corrected chi connectivity index (χ2v) is 3.07. The summed E-state index contributed by atoms with van der Waals surface area (Å²) in [4.78, 5) is 15.5. The summed E-state index contributed by atoms with van der Waals surface area (Å²) in [6.45, 7) is 3.44. The van der Waals surface area contributed by atoms with Gasteiger partial charge in [-0.1, -0.05) is 0 Å². The molecule has 0 radical (unpaired) electrons. The standard InChI is InChI=1S/C10H10N2O/c1-7-3-4-9-5-6-12(8(2)13)10(9)11-7/h3-6H,1-2H3. The lowest BCUT2D eigenvalue weighted by Gasteiger charge is -1.98. The van der Waals surface area contributed by atoms with Crippen molar-refractivity contribution in [3.63, 3.8) is 0 Å². The van der Waals surface area contributed by atoms with Crippen LogP contribution in [0, 0.1) is 6.92 Å². The summed E-state index contributed by atoms with van der Waals surface area (Å²) in [6, 6.07) is 5.80. The van der Waals surface area contributed by atoms with E-state index in [-0.39, 0.29) is 5.91 Å². The molecule has 0 amide bonds. The van der Waals surface area contributed by atoms with E-state index in [0.717, 1.165) is 16.7 Å². The fourth-order valence-corrected chi connectivity index (χ4v) is 1.36. The maximum Gasteiger partial charge on any atom is 0.229 e. The molecule has 0 bridgehead atoms. The topological polar surface area (TPSA) is 34.9 Å². The third-order valence-electron chi connectivity index (χ3n) is 2.02. The lowest BCUT2D eigenvalue weighted by atomic mass is 10.3. The molecule has 2 rings (SSSR count). The molecule has 0 aromatic carbocycles. The van der Waals surface area contributed by atoms with Gasteiger partial charge in [0.05, 0.1) is 0 Å². The minimum atomic E-state index is -0.00639. The number of carbonyl (C=O) groups excluding carboxylic acids is 1. The Balaban J connectivity index is 2.79. The van der Waals surface area contributed by atoms with Gasteiger partial charge in [0.1, 0.15) is 5.65 Å². The van der Waals surface area contributed by atoms with Crippen molar-refractivity contribution in [3.05, 3.63) is 30.1 Å². The molecule has 0 aliphatic rings. The summed E-state index contributed by atoms with van der Waals surface area (Å²) in [7, 11) is 0. The van der Waals surface area contributed by atoms with Crippen LogP contribution in [-0.2, 0) is 0 Å². The van der Waals surface area contributed by atoms with Crippen molar-refractivity contribution in [2.45, 2.75) is 13.8 Å².